The first-order chi connectivity index (χ1) is 8.39. The number of hydrogen-bond donors (Lipinski definition) is 2. The number of hydrogen-bond acceptors (Lipinski definition) is 3. The maximum absolute atomic E-state index is 12.0. The van der Waals surface area contributed by atoms with Crippen LogP contribution in [0, 0.1) is 0 Å². The second-order valence-electron chi connectivity index (χ2n) is 6.57. The van der Waals surface area contributed by atoms with Crippen molar-refractivity contribution in [1.29, 1.82) is 0 Å². The van der Waals surface area contributed by atoms with Gasteiger partial charge in [-0.25, -0.2) is 8.42 Å². The molecule has 0 amide bonds. The molecule has 0 fully saturated rings. The van der Waals surface area contributed by atoms with E-state index in [0.717, 1.165) is 6.54 Å². The van der Waals surface area contributed by atoms with Gasteiger partial charge in [-0.2, -0.15) is 0 Å². The fourth-order valence-electron chi connectivity index (χ4n) is 1.25. The Morgan fingerprint density at radius 3 is 2.00 bits per heavy atom. The number of nitrogens with zero attached hydrogens (tertiary/aromatic N) is 1. The summed E-state index contributed by atoms with van der Waals surface area (Å²) >= 11 is 0. The molecule has 0 atom stereocenters. The molecule has 5 nitrogen and oxygen atoms in total. The zero-order chi connectivity index (χ0) is 15.3. The summed E-state index contributed by atoms with van der Waals surface area (Å²) in [7, 11) is -3.11. The topological polar surface area (TPSA) is 70.6 Å². The summed E-state index contributed by atoms with van der Waals surface area (Å²) in [5.41, 5.74) is -0.107. The van der Waals surface area contributed by atoms with Crippen LogP contribution >= 0.6 is 0 Å². The predicted molar refractivity (Wildman–Crippen MR) is 82.4 cm³/mol. The van der Waals surface area contributed by atoms with Gasteiger partial charge in [0.15, 0.2) is 15.8 Å². The van der Waals surface area contributed by atoms with Crippen LogP contribution in [-0.2, 0) is 9.84 Å². The van der Waals surface area contributed by atoms with Gasteiger partial charge in [-0.05, 0) is 48.5 Å². The molecule has 0 saturated carbocycles. The van der Waals surface area contributed by atoms with Crippen LogP contribution in [0.4, 0.5) is 0 Å². The molecule has 0 aliphatic heterocycles. The van der Waals surface area contributed by atoms with Gasteiger partial charge in [0.05, 0.1) is 17.0 Å². The Labute approximate surface area is 118 Å². The number of guanidine groups is 1. The summed E-state index contributed by atoms with van der Waals surface area (Å²) in [6.07, 6.45) is 0. The van der Waals surface area contributed by atoms with Gasteiger partial charge in [-0.15, -0.1) is 0 Å². The van der Waals surface area contributed by atoms with E-state index >= 15 is 0 Å². The van der Waals surface area contributed by atoms with Crippen molar-refractivity contribution in [1.82, 2.24) is 10.6 Å². The average molecular weight is 291 g/mol. The lowest BCUT2D eigenvalue weighted by molar-refractivity contribution is 0.502. The molecule has 0 heterocycles. The second-order valence-corrected chi connectivity index (χ2v) is 9.43. The number of nitrogens with one attached hydrogen (secondary N) is 2. The van der Waals surface area contributed by atoms with Crippen molar-refractivity contribution in [2.45, 2.75) is 58.8 Å². The van der Waals surface area contributed by atoms with Crippen LogP contribution in [0.25, 0.3) is 0 Å². The van der Waals surface area contributed by atoms with E-state index in [1.807, 2.05) is 27.7 Å². The molecule has 0 aliphatic carbocycles. The lowest BCUT2D eigenvalue weighted by Gasteiger charge is -2.24. The van der Waals surface area contributed by atoms with Crippen LogP contribution in [0.2, 0.25) is 0 Å². The quantitative estimate of drug-likeness (QED) is 0.609. The third-order valence-electron chi connectivity index (χ3n) is 2.40. The molecule has 19 heavy (non-hydrogen) atoms. The largest absolute Gasteiger partial charge is 0.357 e. The van der Waals surface area contributed by atoms with Gasteiger partial charge < -0.3 is 10.6 Å². The van der Waals surface area contributed by atoms with E-state index in [1.54, 1.807) is 20.8 Å². The molecule has 0 spiro atoms. The normalized spacial score (nSPS) is 14.4. The monoisotopic (exact) mass is 291 g/mol. The summed E-state index contributed by atoms with van der Waals surface area (Å²) in [4.78, 5) is 4.31. The molecule has 114 valence electrons. The molecule has 0 aromatic carbocycles. The Bertz CT molecular complexity index is 401. The molecule has 0 unspecified atom stereocenters. The van der Waals surface area contributed by atoms with Gasteiger partial charge in [0.25, 0.3) is 0 Å². The van der Waals surface area contributed by atoms with Crippen LogP contribution in [0.1, 0.15) is 48.5 Å². The van der Waals surface area contributed by atoms with Crippen LogP contribution in [0.5, 0.6) is 0 Å². The molecule has 0 bridgehead atoms. The number of sulfone groups is 1. The van der Waals surface area contributed by atoms with Gasteiger partial charge in [0.1, 0.15) is 0 Å². The summed E-state index contributed by atoms with van der Waals surface area (Å²) in [6, 6.07) is 0. The molecule has 0 saturated heterocycles. The highest BCUT2D eigenvalue weighted by Crippen LogP contribution is 2.15. The highest BCUT2D eigenvalue weighted by molar-refractivity contribution is 7.92. The Morgan fingerprint density at radius 2 is 1.63 bits per heavy atom. The first-order valence-electron chi connectivity index (χ1n) is 6.68. The number of rotatable bonds is 4. The maximum Gasteiger partial charge on any atom is 0.191 e. The summed E-state index contributed by atoms with van der Waals surface area (Å²) in [5.74, 6) is 0.719. The Balaban J connectivity index is 4.66. The number of aliphatic imine (C=N–C) groups is 1. The molecular weight excluding hydrogens is 262 g/mol. The van der Waals surface area contributed by atoms with Gasteiger partial charge in [0, 0.05) is 12.1 Å². The van der Waals surface area contributed by atoms with Crippen molar-refractivity contribution in [3.63, 3.8) is 0 Å². The van der Waals surface area contributed by atoms with Gasteiger partial charge in [0.2, 0.25) is 0 Å². The summed E-state index contributed by atoms with van der Waals surface area (Å²) in [5, 5.41) is 6.33. The van der Waals surface area contributed by atoms with Crippen molar-refractivity contribution < 1.29 is 8.42 Å². The first-order valence-corrected chi connectivity index (χ1v) is 8.33. The standard InChI is InChI=1S/C13H29N3O2S/c1-8-14-11(16-12(2,3)4)15-9-10-19(17,18)13(5,6)7/h8-10H2,1-7H3,(H2,14,15,16). The van der Waals surface area contributed by atoms with Crippen molar-refractivity contribution >= 4 is 15.8 Å². The third-order valence-corrected chi connectivity index (χ3v) is 4.99. The Kier molecular flexibility index (Phi) is 6.32. The van der Waals surface area contributed by atoms with E-state index in [1.165, 1.54) is 0 Å². The van der Waals surface area contributed by atoms with Crippen LogP contribution in [0.3, 0.4) is 0 Å². The smallest absolute Gasteiger partial charge is 0.191 e. The van der Waals surface area contributed by atoms with Crippen molar-refractivity contribution in [2.75, 3.05) is 18.8 Å². The third kappa shape index (κ3) is 7.40. The van der Waals surface area contributed by atoms with E-state index in [4.69, 9.17) is 0 Å². The van der Waals surface area contributed by atoms with Gasteiger partial charge in [-0.1, -0.05) is 0 Å². The summed E-state index contributed by atoms with van der Waals surface area (Å²) < 4.78 is 23.2. The fourth-order valence-corrected chi connectivity index (χ4v) is 2.19. The lowest BCUT2D eigenvalue weighted by atomic mass is 10.1. The highest BCUT2D eigenvalue weighted by atomic mass is 32.2. The molecule has 0 aromatic heterocycles. The van der Waals surface area contributed by atoms with E-state index in [0.29, 0.717) is 5.96 Å². The minimum atomic E-state index is -3.11. The molecular formula is C13H29N3O2S. The Morgan fingerprint density at radius 1 is 1.11 bits per heavy atom. The van der Waals surface area contributed by atoms with Crippen molar-refractivity contribution in [2.24, 2.45) is 4.99 Å². The highest BCUT2D eigenvalue weighted by Gasteiger charge is 2.28. The van der Waals surface area contributed by atoms with Gasteiger partial charge >= 0.3 is 0 Å². The van der Waals surface area contributed by atoms with E-state index < -0.39 is 14.6 Å². The first kappa shape index (κ1) is 18.2. The molecule has 0 aliphatic rings. The second kappa shape index (κ2) is 6.59. The zero-order valence-corrected chi connectivity index (χ0v) is 14.1. The molecule has 0 aromatic rings. The van der Waals surface area contributed by atoms with Crippen molar-refractivity contribution in [3.8, 4) is 0 Å². The van der Waals surface area contributed by atoms with Crippen LogP contribution < -0.4 is 10.6 Å². The maximum atomic E-state index is 12.0. The minimum Gasteiger partial charge on any atom is -0.357 e. The molecule has 2 N–H and O–H groups in total. The van der Waals surface area contributed by atoms with Crippen LogP contribution in [0.15, 0.2) is 4.99 Å². The molecule has 0 rings (SSSR count). The predicted octanol–water partition coefficient (Wildman–Crippen LogP) is 1.55. The lowest BCUT2D eigenvalue weighted by Crippen LogP contribution is -2.47. The van der Waals surface area contributed by atoms with E-state index in [2.05, 4.69) is 15.6 Å². The van der Waals surface area contributed by atoms with Crippen LogP contribution in [-0.4, -0.2) is 43.5 Å². The SMILES string of the molecule is CCNC(=NCCS(=O)(=O)C(C)(C)C)NC(C)(C)C. The fraction of sp³-hybridized carbons (Fsp3) is 0.923. The van der Waals surface area contributed by atoms with Crippen molar-refractivity contribution in [3.05, 3.63) is 0 Å². The Hall–Kier alpha value is -0.780. The summed E-state index contributed by atoms with van der Waals surface area (Å²) in [6.45, 7) is 14.2. The van der Waals surface area contributed by atoms with Gasteiger partial charge in [-0.3, -0.25) is 4.99 Å². The average Bonchev–Trinajstić information content (AvgIpc) is 2.13. The van der Waals surface area contributed by atoms with E-state index in [9.17, 15) is 8.42 Å². The zero-order valence-electron chi connectivity index (χ0n) is 13.3. The molecule has 6 heteroatoms. The minimum absolute atomic E-state index is 0.0667. The van der Waals surface area contributed by atoms with E-state index in [-0.39, 0.29) is 17.8 Å². The molecule has 0 radical (unpaired) electrons.